The number of nitrogens with zero attached hydrogens (tertiary/aromatic N) is 1. The van der Waals surface area contributed by atoms with E-state index in [9.17, 15) is 13.2 Å². The van der Waals surface area contributed by atoms with Crippen LogP contribution >= 0.6 is 0 Å². The lowest BCUT2D eigenvalue weighted by molar-refractivity contribution is -0.122. The smallest absolute Gasteiger partial charge is 0.244 e. The first-order valence-electron chi connectivity index (χ1n) is 9.81. The van der Waals surface area contributed by atoms with E-state index in [4.69, 9.17) is 4.74 Å². The van der Waals surface area contributed by atoms with Crippen molar-refractivity contribution in [1.82, 2.24) is 5.32 Å². The van der Waals surface area contributed by atoms with E-state index in [-0.39, 0.29) is 12.5 Å². The maximum absolute atomic E-state index is 12.7. The highest BCUT2D eigenvalue weighted by atomic mass is 32.2. The normalized spacial score (nSPS) is 12.3. The van der Waals surface area contributed by atoms with E-state index in [1.165, 1.54) is 9.87 Å². The van der Waals surface area contributed by atoms with Crippen molar-refractivity contribution in [2.75, 3.05) is 23.7 Å². The van der Waals surface area contributed by atoms with Gasteiger partial charge in [-0.3, -0.25) is 9.10 Å². The molecule has 1 N–H and O–H groups in total. The van der Waals surface area contributed by atoms with Crippen molar-refractivity contribution >= 4 is 21.6 Å². The molecule has 0 bridgehead atoms. The largest absolute Gasteiger partial charge is 0.492 e. The Morgan fingerprint density at radius 1 is 1.07 bits per heavy atom. The molecule has 0 spiro atoms. The minimum absolute atomic E-state index is 0.288. The lowest BCUT2D eigenvalue weighted by Crippen LogP contribution is -2.50. The van der Waals surface area contributed by atoms with Crippen LogP contribution in [0.5, 0.6) is 5.75 Å². The van der Waals surface area contributed by atoms with Gasteiger partial charge in [-0.1, -0.05) is 43.7 Å². The molecule has 6 nitrogen and oxygen atoms in total. The maximum Gasteiger partial charge on any atom is 0.244 e. The Hall–Kier alpha value is -2.54. The zero-order valence-corrected chi connectivity index (χ0v) is 18.3. The van der Waals surface area contributed by atoms with E-state index in [1.807, 2.05) is 43.3 Å². The van der Waals surface area contributed by atoms with Crippen molar-refractivity contribution in [2.45, 2.75) is 39.7 Å². The molecule has 158 valence electrons. The third-order valence-electron chi connectivity index (χ3n) is 4.62. The van der Waals surface area contributed by atoms with Gasteiger partial charge < -0.3 is 10.1 Å². The molecule has 2 rings (SSSR count). The molecule has 1 unspecified atom stereocenters. The van der Waals surface area contributed by atoms with E-state index in [0.717, 1.165) is 24.0 Å². The van der Waals surface area contributed by atoms with E-state index in [0.29, 0.717) is 18.7 Å². The highest BCUT2D eigenvalue weighted by molar-refractivity contribution is 7.92. The van der Waals surface area contributed by atoms with Crippen LogP contribution in [0.1, 0.15) is 31.4 Å². The number of nitrogens with one attached hydrogen (secondary N) is 1. The predicted molar refractivity (Wildman–Crippen MR) is 117 cm³/mol. The molecular formula is C22H30N2O4S. The minimum Gasteiger partial charge on any atom is -0.492 e. The fourth-order valence-corrected chi connectivity index (χ4v) is 4.25. The van der Waals surface area contributed by atoms with Crippen LogP contribution in [0.2, 0.25) is 0 Å². The van der Waals surface area contributed by atoms with Crippen molar-refractivity contribution in [3.05, 3.63) is 59.7 Å². The topological polar surface area (TPSA) is 75.7 Å². The van der Waals surface area contributed by atoms with Gasteiger partial charge in [0.2, 0.25) is 15.9 Å². The average Bonchev–Trinajstić information content (AvgIpc) is 2.69. The highest BCUT2D eigenvalue weighted by Crippen LogP contribution is 2.23. The van der Waals surface area contributed by atoms with E-state index in [2.05, 4.69) is 12.2 Å². The summed E-state index contributed by atoms with van der Waals surface area (Å²) >= 11 is 0. The Balaban J connectivity index is 2.00. The second-order valence-corrected chi connectivity index (χ2v) is 8.81. The number of aryl methyl sites for hydroxylation is 2. The number of ether oxygens (including phenoxy) is 1. The molecule has 0 aromatic heterocycles. The monoisotopic (exact) mass is 418 g/mol. The average molecular weight is 419 g/mol. The number of hydrogen-bond acceptors (Lipinski definition) is 4. The second-order valence-electron chi connectivity index (χ2n) is 6.96. The Morgan fingerprint density at radius 2 is 1.69 bits per heavy atom. The summed E-state index contributed by atoms with van der Waals surface area (Å²) in [6.45, 7) is 6.40. The van der Waals surface area contributed by atoms with E-state index >= 15 is 0 Å². The van der Waals surface area contributed by atoms with Gasteiger partial charge >= 0.3 is 0 Å². The number of carbonyl (C=O) groups is 1. The van der Waals surface area contributed by atoms with Gasteiger partial charge in [0.15, 0.2) is 0 Å². The molecule has 29 heavy (non-hydrogen) atoms. The van der Waals surface area contributed by atoms with Crippen molar-refractivity contribution in [2.24, 2.45) is 0 Å². The number of benzene rings is 2. The molecular weight excluding hydrogens is 388 g/mol. The fourth-order valence-electron chi connectivity index (χ4n) is 3.03. The SMILES string of the molecule is CCc1ccc(OCCNC(=O)C(CC)N(c2ccc(C)cc2)S(C)(=O)=O)cc1. The number of amides is 1. The second kappa shape index (κ2) is 10.3. The first kappa shape index (κ1) is 22.7. The van der Waals surface area contributed by atoms with Gasteiger partial charge in [0.25, 0.3) is 0 Å². The van der Waals surface area contributed by atoms with Crippen LogP contribution in [-0.4, -0.2) is 39.8 Å². The van der Waals surface area contributed by atoms with Gasteiger partial charge in [-0.05, 0) is 49.6 Å². The lowest BCUT2D eigenvalue weighted by atomic mass is 10.1. The molecule has 1 atom stereocenters. The van der Waals surface area contributed by atoms with Gasteiger partial charge in [-0.15, -0.1) is 0 Å². The molecule has 0 radical (unpaired) electrons. The summed E-state index contributed by atoms with van der Waals surface area (Å²) in [6.07, 6.45) is 2.44. The van der Waals surface area contributed by atoms with Crippen LogP contribution in [-0.2, 0) is 21.2 Å². The molecule has 7 heteroatoms. The molecule has 2 aromatic carbocycles. The lowest BCUT2D eigenvalue weighted by Gasteiger charge is -2.30. The quantitative estimate of drug-likeness (QED) is 0.601. The van der Waals surface area contributed by atoms with Gasteiger partial charge in [0, 0.05) is 0 Å². The molecule has 0 fully saturated rings. The van der Waals surface area contributed by atoms with Crippen LogP contribution in [0.4, 0.5) is 5.69 Å². The van der Waals surface area contributed by atoms with Crippen molar-refractivity contribution in [1.29, 1.82) is 0 Å². The Morgan fingerprint density at radius 3 is 2.21 bits per heavy atom. The number of sulfonamides is 1. The standard InChI is InChI=1S/C22H30N2O4S/c1-5-18-9-13-20(14-10-18)28-16-15-23-22(25)21(6-2)24(29(4,26)27)19-11-7-17(3)8-12-19/h7-14,21H,5-6,15-16H2,1-4H3,(H,23,25). The summed E-state index contributed by atoms with van der Waals surface area (Å²) in [4.78, 5) is 12.7. The first-order chi connectivity index (χ1) is 13.8. The predicted octanol–water partition coefficient (Wildman–Crippen LogP) is 3.30. The van der Waals surface area contributed by atoms with Crippen molar-refractivity contribution < 1.29 is 17.9 Å². The number of rotatable bonds is 10. The molecule has 0 aliphatic rings. The van der Waals surface area contributed by atoms with Gasteiger partial charge in [-0.2, -0.15) is 0 Å². The molecule has 0 saturated carbocycles. The molecule has 0 saturated heterocycles. The summed E-state index contributed by atoms with van der Waals surface area (Å²) in [5, 5.41) is 2.79. The Kier molecular flexibility index (Phi) is 8.08. The summed E-state index contributed by atoms with van der Waals surface area (Å²) in [5.41, 5.74) is 2.73. The van der Waals surface area contributed by atoms with Gasteiger partial charge in [-0.25, -0.2) is 8.42 Å². The summed E-state index contributed by atoms with van der Waals surface area (Å²) < 4.78 is 31.7. The number of anilines is 1. The molecule has 0 heterocycles. The van der Waals surface area contributed by atoms with Crippen LogP contribution in [0.3, 0.4) is 0 Å². The molecule has 1 amide bonds. The highest BCUT2D eigenvalue weighted by Gasteiger charge is 2.31. The first-order valence-corrected chi connectivity index (χ1v) is 11.7. The zero-order chi connectivity index (χ0) is 21.4. The third-order valence-corrected chi connectivity index (χ3v) is 5.80. The van der Waals surface area contributed by atoms with Crippen LogP contribution in [0.25, 0.3) is 0 Å². The number of carbonyl (C=O) groups excluding carboxylic acids is 1. The minimum atomic E-state index is -3.63. The van der Waals surface area contributed by atoms with Crippen LogP contribution in [0.15, 0.2) is 48.5 Å². The molecule has 0 aliphatic carbocycles. The molecule has 2 aromatic rings. The van der Waals surface area contributed by atoms with Crippen molar-refractivity contribution in [3.8, 4) is 5.75 Å². The number of hydrogen-bond donors (Lipinski definition) is 1. The fraction of sp³-hybridized carbons (Fsp3) is 0.409. The third kappa shape index (κ3) is 6.49. The van der Waals surface area contributed by atoms with Crippen LogP contribution < -0.4 is 14.4 Å². The molecule has 0 aliphatic heterocycles. The van der Waals surface area contributed by atoms with Crippen molar-refractivity contribution in [3.63, 3.8) is 0 Å². The summed E-state index contributed by atoms with van der Waals surface area (Å²) in [5.74, 6) is 0.393. The Labute approximate surface area is 173 Å². The van der Waals surface area contributed by atoms with E-state index < -0.39 is 16.1 Å². The Bertz CT molecular complexity index is 893. The summed E-state index contributed by atoms with van der Waals surface area (Å²) in [6, 6.07) is 14.1. The zero-order valence-electron chi connectivity index (χ0n) is 17.5. The van der Waals surface area contributed by atoms with E-state index in [1.54, 1.807) is 19.1 Å². The van der Waals surface area contributed by atoms with Gasteiger partial charge in [0.1, 0.15) is 18.4 Å². The maximum atomic E-state index is 12.7. The van der Waals surface area contributed by atoms with Crippen LogP contribution in [0, 0.1) is 6.92 Å². The summed E-state index contributed by atoms with van der Waals surface area (Å²) in [7, 11) is -3.63. The van der Waals surface area contributed by atoms with Gasteiger partial charge in [0.05, 0.1) is 18.5 Å².